The first kappa shape index (κ1) is 17.6. The Morgan fingerprint density at radius 2 is 1.72 bits per heavy atom. The molecule has 2 aromatic rings. The van der Waals surface area contributed by atoms with E-state index >= 15 is 0 Å². The number of amides is 2. The van der Waals surface area contributed by atoms with Crippen LogP contribution in [-0.4, -0.2) is 47.8 Å². The Morgan fingerprint density at radius 3 is 2.36 bits per heavy atom. The summed E-state index contributed by atoms with van der Waals surface area (Å²) in [6.07, 6.45) is 1.34. The minimum atomic E-state index is -0.275. The van der Waals surface area contributed by atoms with Crippen LogP contribution in [0.4, 0.5) is 4.39 Å². The van der Waals surface area contributed by atoms with Gasteiger partial charge in [-0.3, -0.25) is 9.59 Å². The highest BCUT2D eigenvalue weighted by atomic mass is 32.1. The van der Waals surface area contributed by atoms with Gasteiger partial charge in [0, 0.05) is 37.5 Å². The molecule has 0 atom stereocenters. The summed E-state index contributed by atoms with van der Waals surface area (Å²) in [5.74, 6) is -0.0910. The van der Waals surface area contributed by atoms with Crippen molar-refractivity contribution in [2.45, 2.75) is 19.3 Å². The quantitative estimate of drug-likeness (QED) is 0.823. The lowest BCUT2D eigenvalue weighted by molar-refractivity contribution is -0.139. The molecule has 0 aliphatic carbocycles. The maximum Gasteiger partial charge on any atom is 0.227 e. The van der Waals surface area contributed by atoms with E-state index in [1.165, 1.54) is 12.1 Å². The van der Waals surface area contributed by atoms with Crippen molar-refractivity contribution in [1.29, 1.82) is 0 Å². The number of carbonyl (C=O) groups excluding carboxylic acids is 2. The van der Waals surface area contributed by atoms with E-state index in [0.717, 1.165) is 10.4 Å². The zero-order valence-electron chi connectivity index (χ0n) is 14.0. The first-order valence-electron chi connectivity index (χ1n) is 8.44. The maximum absolute atomic E-state index is 13.2. The van der Waals surface area contributed by atoms with Crippen molar-refractivity contribution in [3.63, 3.8) is 0 Å². The lowest BCUT2D eigenvalue weighted by atomic mass is 10.1. The van der Waals surface area contributed by atoms with Gasteiger partial charge in [0.2, 0.25) is 11.8 Å². The van der Waals surface area contributed by atoms with Crippen LogP contribution in [-0.2, 0) is 22.4 Å². The zero-order valence-corrected chi connectivity index (χ0v) is 14.8. The number of hydrogen-bond acceptors (Lipinski definition) is 3. The summed E-state index contributed by atoms with van der Waals surface area (Å²) in [5.41, 5.74) is 0.832. The third kappa shape index (κ3) is 4.89. The number of halogens is 1. The van der Waals surface area contributed by atoms with Gasteiger partial charge in [0.1, 0.15) is 5.82 Å². The summed E-state index contributed by atoms with van der Waals surface area (Å²) in [6.45, 7) is 2.29. The first-order valence-corrected chi connectivity index (χ1v) is 9.32. The summed E-state index contributed by atoms with van der Waals surface area (Å²) >= 11 is 1.59. The molecular weight excluding hydrogens is 339 g/mol. The molecular formula is C19H21FN2O2S. The van der Waals surface area contributed by atoms with Crippen molar-refractivity contribution in [2.24, 2.45) is 0 Å². The summed E-state index contributed by atoms with van der Waals surface area (Å²) in [6, 6.07) is 10.3. The third-order valence-electron chi connectivity index (χ3n) is 4.41. The molecule has 1 fully saturated rings. The predicted octanol–water partition coefficient (Wildman–Crippen LogP) is 2.73. The molecule has 0 bridgehead atoms. The molecule has 132 valence electrons. The Bertz CT molecular complexity index is 725. The summed E-state index contributed by atoms with van der Waals surface area (Å²) < 4.78 is 13.2. The highest BCUT2D eigenvalue weighted by Gasteiger charge is 2.24. The first-order chi connectivity index (χ1) is 12.1. The minimum Gasteiger partial charge on any atom is -0.339 e. The number of piperazine rings is 1. The van der Waals surface area contributed by atoms with Crippen LogP contribution in [0.3, 0.4) is 0 Å². The second kappa shape index (κ2) is 8.25. The normalized spacial score (nSPS) is 14.6. The van der Waals surface area contributed by atoms with Gasteiger partial charge in [0.25, 0.3) is 0 Å². The molecule has 6 heteroatoms. The second-order valence-electron chi connectivity index (χ2n) is 6.15. The maximum atomic E-state index is 13.2. The Morgan fingerprint density at radius 1 is 1.00 bits per heavy atom. The van der Waals surface area contributed by atoms with Crippen LogP contribution in [0.15, 0.2) is 41.8 Å². The van der Waals surface area contributed by atoms with Gasteiger partial charge in [-0.1, -0.05) is 18.2 Å². The molecule has 0 saturated carbocycles. The van der Waals surface area contributed by atoms with Crippen molar-refractivity contribution in [2.75, 3.05) is 26.2 Å². The molecule has 1 saturated heterocycles. The van der Waals surface area contributed by atoms with Gasteiger partial charge in [-0.25, -0.2) is 4.39 Å². The molecule has 25 heavy (non-hydrogen) atoms. The van der Waals surface area contributed by atoms with E-state index < -0.39 is 0 Å². The van der Waals surface area contributed by atoms with Gasteiger partial charge in [-0.15, -0.1) is 11.3 Å². The van der Waals surface area contributed by atoms with Crippen molar-refractivity contribution in [1.82, 2.24) is 9.80 Å². The minimum absolute atomic E-state index is 0.0645. The second-order valence-corrected chi connectivity index (χ2v) is 7.18. The standard InChI is InChI=1S/C19H21FN2O2S/c20-16-4-1-3-15(13-16)6-7-18(23)21-8-10-22(11-9-21)19(24)14-17-5-2-12-25-17/h1-5,12-13H,6-11,14H2. The largest absolute Gasteiger partial charge is 0.339 e. The number of benzene rings is 1. The Balaban J connectivity index is 1.43. The fourth-order valence-electron chi connectivity index (χ4n) is 2.98. The van der Waals surface area contributed by atoms with Crippen LogP contribution in [0.1, 0.15) is 16.9 Å². The van der Waals surface area contributed by atoms with Crippen LogP contribution in [0.5, 0.6) is 0 Å². The molecule has 4 nitrogen and oxygen atoms in total. The number of hydrogen-bond donors (Lipinski definition) is 0. The van der Waals surface area contributed by atoms with E-state index in [-0.39, 0.29) is 17.6 Å². The third-order valence-corrected chi connectivity index (χ3v) is 5.28. The lowest BCUT2D eigenvalue weighted by Crippen LogP contribution is -2.51. The van der Waals surface area contributed by atoms with Crippen LogP contribution in [0.25, 0.3) is 0 Å². The number of carbonyl (C=O) groups is 2. The van der Waals surface area contributed by atoms with Gasteiger partial charge in [-0.05, 0) is 35.6 Å². The summed E-state index contributed by atoms with van der Waals surface area (Å²) in [7, 11) is 0. The van der Waals surface area contributed by atoms with Crippen molar-refractivity contribution in [3.05, 3.63) is 58.0 Å². The number of aryl methyl sites for hydroxylation is 1. The molecule has 0 radical (unpaired) electrons. The molecule has 1 aliphatic rings. The topological polar surface area (TPSA) is 40.6 Å². The number of thiophene rings is 1. The molecule has 2 amide bonds. The van der Waals surface area contributed by atoms with E-state index in [0.29, 0.717) is 45.4 Å². The van der Waals surface area contributed by atoms with Crippen LogP contribution >= 0.6 is 11.3 Å². The van der Waals surface area contributed by atoms with E-state index in [4.69, 9.17) is 0 Å². The van der Waals surface area contributed by atoms with Gasteiger partial charge < -0.3 is 9.80 Å². The van der Waals surface area contributed by atoms with Crippen LogP contribution in [0.2, 0.25) is 0 Å². The zero-order chi connectivity index (χ0) is 17.6. The van der Waals surface area contributed by atoms with Crippen molar-refractivity contribution >= 4 is 23.2 Å². The molecule has 3 rings (SSSR count). The van der Waals surface area contributed by atoms with E-state index in [9.17, 15) is 14.0 Å². The fourth-order valence-corrected chi connectivity index (χ4v) is 3.68. The molecule has 0 spiro atoms. The number of nitrogens with zero attached hydrogens (tertiary/aromatic N) is 2. The summed E-state index contributed by atoms with van der Waals surface area (Å²) in [4.78, 5) is 29.3. The van der Waals surface area contributed by atoms with Crippen molar-refractivity contribution in [3.8, 4) is 0 Å². The highest BCUT2D eigenvalue weighted by Crippen LogP contribution is 2.13. The monoisotopic (exact) mass is 360 g/mol. The molecule has 2 heterocycles. The van der Waals surface area contributed by atoms with Crippen LogP contribution in [0, 0.1) is 5.82 Å². The van der Waals surface area contributed by atoms with Crippen LogP contribution < -0.4 is 0 Å². The SMILES string of the molecule is O=C(CCc1cccc(F)c1)N1CCN(C(=O)Cc2cccs2)CC1. The Kier molecular flexibility index (Phi) is 5.81. The smallest absolute Gasteiger partial charge is 0.227 e. The van der Waals surface area contributed by atoms with Gasteiger partial charge in [-0.2, -0.15) is 0 Å². The molecule has 0 unspecified atom stereocenters. The molecule has 1 aromatic heterocycles. The van der Waals surface area contributed by atoms with Gasteiger partial charge in [0.15, 0.2) is 0 Å². The van der Waals surface area contributed by atoms with E-state index in [1.807, 2.05) is 28.5 Å². The predicted molar refractivity (Wildman–Crippen MR) is 95.9 cm³/mol. The molecule has 0 N–H and O–H groups in total. The average molecular weight is 360 g/mol. The average Bonchev–Trinajstić information content (AvgIpc) is 3.13. The van der Waals surface area contributed by atoms with E-state index in [1.54, 1.807) is 22.3 Å². The molecule has 1 aromatic carbocycles. The van der Waals surface area contributed by atoms with Gasteiger partial charge >= 0.3 is 0 Å². The fraction of sp³-hybridized carbons (Fsp3) is 0.368. The van der Waals surface area contributed by atoms with Gasteiger partial charge in [0.05, 0.1) is 6.42 Å². The highest BCUT2D eigenvalue weighted by molar-refractivity contribution is 7.10. The Labute approximate surface area is 150 Å². The lowest BCUT2D eigenvalue weighted by Gasteiger charge is -2.35. The van der Waals surface area contributed by atoms with Crippen molar-refractivity contribution < 1.29 is 14.0 Å². The number of rotatable bonds is 5. The molecule has 1 aliphatic heterocycles. The Hall–Kier alpha value is -2.21. The van der Waals surface area contributed by atoms with E-state index in [2.05, 4.69) is 0 Å². The summed E-state index contributed by atoms with van der Waals surface area (Å²) in [5, 5.41) is 1.97.